The van der Waals surface area contributed by atoms with Crippen LogP contribution in [0.25, 0.3) is 11.0 Å². The highest BCUT2D eigenvalue weighted by atomic mass is 79.9. The van der Waals surface area contributed by atoms with Crippen LogP contribution in [-0.2, 0) is 0 Å². The van der Waals surface area contributed by atoms with E-state index < -0.39 is 0 Å². The number of nitrogens with zero attached hydrogens (tertiary/aromatic N) is 4. The van der Waals surface area contributed by atoms with Crippen LogP contribution in [0.5, 0.6) is 0 Å². The molecular formula is C16H26BrN5. The number of halogens is 1. The quantitative estimate of drug-likeness (QED) is 0.750. The van der Waals surface area contributed by atoms with Gasteiger partial charge < -0.3 is 10.7 Å². The van der Waals surface area contributed by atoms with Crippen molar-refractivity contribution < 1.29 is 0 Å². The molecule has 122 valence electrons. The summed E-state index contributed by atoms with van der Waals surface area (Å²) in [5, 5.41) is 1.01. The van der Waals surface area contributed by atoms with Gasteiger partial charge in [0.25, 0.3) is 0 Å². The minimum absolute atomic E-state index is 0.505. The fourth-order valence-corrected chi connectivity index (χ4v) is 3.68. The molecule has 6 heteroatoms. The highest BCUT2D eigenvalue weighted by Gasteiger charge is 2.23. The standard InChI is InChI=1S/C16H26BrN5/c1-5-8-12(9-6-2)21(7-3)15-14-13(17)10-22(18)16(14)20-11(4)19-15/h10,12H,5-9,18H2,1-4H3. The Bertz CT molecular complexity index is 631. The van der Waals surface area contributed by atoms with Gasteiger partial charge in [0.05, 0.1) is 9.86 Å². The maximum Gasteiger partial charge on any atom is 0.165 e. The van der Waals surface area contributed by atoms with E-state index in [1.54, 1.807) is 4.68 Å². The van der Waals surface area contributed by atoms with Gasteiger partial charge in [-0.05, 0) is 42.6 Å². The van der Waals surface area contributed by atoms with E-state index in [-0.39, 0.29) is 0 Å². The molecule has 0 saturated carbocycles. The summed E-state index contributed by atoms with van der Waals surface area (Å²) in [4.78, 5) is 11.7. The van der Waals surface area contributed by atoms with Crippen molar-refractivity contribution in [3.05, 3.63) is 16.5 Å². The van der Waals surface area contributed by atoms with E-state index in [2.05, 4.69) is 46.6 Å². The molecule has 0 aliphatic carbocycles. The van der Waals surface area contributed by atoms with Gasteiger partial charge in [-0.3, -0.25) is 4.68 Å². The van der Waals surface area contributed by atoms with Gasteiger partial charge >= 0.3 is 0 Å². The number of nitrogen functional groups attached to an aromatic ring is 1. The topological polar surface area (TPSA) is 60.0 Å². The highest BCUT2D eigenvalue weighted by Crippen LogP contribution is 2.33. The lowest BCUT2D eigenvalue weighted by atomic mass is 10.0. The number of hydrogen-bond donors (Lipinski definition) is 1. The van der Waals surface area contributed by atoms with Crippen LogP contribution in [0.1, 0.15) is 52.3 Å². The molecule has 0 atom stereocenters. The lowest BCUT2D eigenvalue weighted by Crippen LogP contribution is -2.36. The third-order valence-corrected chi connectivity index (χ3v) is 4.62. The Balaban J connectivity index is 2.59. The first-order valence-corrected chi connectivity index (χ1v) is 8.89. The Morgan fingerprint density at radius 1 is 1.23 bits per heavy atom. The first kappa shape index (κ1) is 17.1. The monoisotopic (exact) mass is 367 g/mol. The predicted molar refractivity (Wildman–Crippen MR) is 96.7 cm³/mol. The van der Waals surface area contributed by atoms with Crippen LogP contribution in [-0.4, -0.2) is 27.2 Å². The maximum atomic E-state index is 6.03. The Labute approximate surface area is 141 Å². The van der Waals surface area contributed by atoms with Crippen molar-refractivity contribution in [1.29, 1.82) is 0 Å². The molecular weight excluding hydrogens is 342 g/mol. The smallest absolute Gasteiger partial charge is 0.165 e. The fourth-order valence-electron chi connectivity index (χ4n) is 3.10. The van der Waals surface area contributed by atoms with Gasteiger partial charge in [0.1, 0.15) is 11.6 Å². The van der Waals surface area contributed by atoms with E-state index in [1.807, 2.05) is 13.1 Å². The second-order valence-corrected chi connectivity index (χ2v) is 6.55. The van der Waals surface area contributed by atoms with Crippen LogP contribution in [0.15, 0.2) is 10.7 Å². The Morgan fingerprint density at radius 3 is 2.41 bits per heavy atom. The van der Waals surface area contributed by atoms with Gasteiger partial charge in [-0.2, -0.15) is 0 Å². The Hall–Kier alpha value is -1.30. The Kier molecular flexibility index (Phi) is 5.67. The van der Waals surface area contributed by atoms with Gasteiger partial charge in [-0.15, -0.1) is 0 Å². The molecule has 2 rings (SSSR count). The number of rotatable bonds is 7. The summed E-state index contributed by atoms with van der Waals surface area (Å²) in [6.07, 6.45) is 6.55. The molecule has 0 aliphatic heterocycles. The minimum Gasteiger partial charge on any atom is -0.353 e. The lowest BCUT2D eigenvalue weighted by Gasteiger charge is -2.32. The molecule has 2 N–H and O–H groups in total. The van der Waals surface area contributed by atoms with Crippen molar-refractivity contribution in [1.82, 2.24) is 14.6 Å². The van der Waals surface area contributed by atoms with Crippen molar-refractivity contribution in [3.8, 4) is 0 Å². The van der Waals surface area contributed by atoms with Crippen molar-refractivity contribution in [2.75, 3.05) is 17.3 Å². The SMILES string of the molecule is CCCC(CCC)N(CC)c1nc(C)nc2c1c(Br)cn2N. The molecule has 5 nitrogen and oxygen atoms in total. The molecule has 0 radical (unpaired) electrons. The van der Waals surface area contributed by atoms with Gasteiger partial charge in [-0.1, -0.05) is 26.7 Å². The predicted octanol–water partition coefficient (Wildman–Crippen LogP) is 4.01. The average Bonchev–Trinajstić information content (AvgIpc) is 2.75. The maximum absolute atomic E-state index is 6.03. The molecule has 2 aromatic rings. The lowest BCUT2D eigenvalue weighted by molar-refractivity contribution is 0.507. The summed E-state index contributed by atoms with van der Waals surface area (Å²) in [6.45, 7) is 9.52. The average molecular weight is 368 g/mol. The van der Waals surface area contributed by atoms with Gasteiger partial charge in [0.15, 0.2) is 5.65 Å². The van der Waals surface area contributed by atoms with E-state index in [4.69, 9.17) is 10.8 Å². The molecule has 0 spiro atoms. The van der Waals surface area contributed by atoms with E-state index in [0.29, 0.717) is 6.04 Å². The van der Waals surface area contributed by atoms with Crippen LogP contribution in [0.4, 0.5) is 5.82 Å². The number of hydrogen-bond acceptors (Lipinski definition) is 4. The normalized spacial score (nSPS) is 11.5. The molecule has 0 aliphatic rings. The Morgan fingerprint density at radius 2 is 1.86 bits per heavy atom. The van der Waals surface area contributed by atoms with Crippen LogP contribution >= 0.6 is 15.9 Å². The van der Waals surface area contributed by atoms with E-state index in [0.717, 1.165) is 33.7 Å². The molecule has 0 fully saturated rings. The molecule has 22 heavy (non-hydrogen) atoms. The van der Waals surface area contributed by atoms with E-state index >= 15 is 0 Å². The first-order valence-electron chi connectivity index (χ1n) is 8.10. The second-order valence-electron chi connectivity index (χ2n) is 5.69. The summed E-state index contributed by atoms with van der Waals surface area (Å²) in [5.74, 6) is 7.78. The number of anilines is 1. The summed E-state index contributed by atoms with van der Waals surface area (Å²) < 4.78 is 2.52. The molecule has 0 aromatic carbocycles. The number of aromatic nitrogens is 3. The summed E-state index contributed by atoms with van der Waals surface area (Å²) in [7, 11) is 0. The largest absolute Gasteiger partial charge is 0.353 e. The fraction of sp³-hybridized carbons (Fsp3) is 0.625. The van der Waals surface area contributed by atoms with E-state index in [1.165, 1.54) is 25.7 Å². The van der Waals surface area contributed by atoms with Gasteiger partial charge in [0.2, 0.25) is 0 Å². The van der Waals surface area contributed by atoms with Crippen molar-refractivity contribution in [3.63, 3.8) is 0 Å². The van der Waals surface area contributed by atoms with Gasteiger partial charge in [0, 0.05) is 18.8 Å². The van der Waals surface area contributed by atoms with Gasteiger partial charge in [-0.25, -0.2) is 9.97 Å². The molecule has 0 unspecified atom stereocenters. The van der Waals surface area contributed by atoms with Crippen LogP contribution in [0, 0.1) is 6.92 Å². The minimum atomic E-state index is 0.505. The van der Waals surface area contributed by atoms with Crippen LogP contribution in [0.2, 0.25) is 0 Å². The zero-order valence-electron chi connectivity index (χ0n) is 13.9. The number of nitrogens with two attached hydrogens (primary N) is 1. The third kappa shape index (κ3) is 3.21. The zero-order chi connectivity index (χ0) is 16.3. The second kappa shape index (κ2) is 7.31. The molecule has 0 bridgehead atoms. The zero-order valence-corrected chi connectivity index (χ0v) is 15.5. The van der Waals surface area contributed by atoms with Crippen LogP contribution in [0.3, 0.4) is 0 Å². The molecule has 2 heterocycles. The highest BCUT2D eigenvalue weighted by molar-refractivity contribution is 9.10. The third-order valence-electron chi connectivity index (χ3n) is 4.02. The summed E-state index contributed by atoms with van der Waals surface area (Å²) in [5.41, 5.74) is 0.777. The number of aryl methyl sites for hydroxylation is 1. The molecule has 0 saturated heterocycles. The molecule has 2 aromatic heterocycles. The van der Waals surface area contributed by atoms with Crippen molar-refractivity contribution in [2.24, 2.45) is 0 Å². The van der Waals surface area contributed by atoms with Crippen molar-refractivity contribution in [2.45, 2.75) is 59.4 Å². The van der Waals surface area contributed by atoms with Crippen LogP contribution < -0.4 is 10.7 Å². The first-order chi connectivity index (χ1) is 10.5. The summed E-state index contributed by atoms with van der Waals surface area (Å²) in [6, 6.07) is 0.505. The van der Waals surface area contributed by atoms with E-state index in [9.17, 15) is 0 Å². The number of fused-ring (bicyclic) bond motifs is 1. The van der Waals surface area contributed by atoms with Crippen molar-refractivity contribution >= 4 is 32.8 Å². The molecule has 0 amide bonds. The summed E-state index contributed by atoms with van der Waals surface area (Å²) >= 11 is 3.61.